The fraction of sp³-hybridized carbons (Fsp3) is 0.304. The number of carbonyl (C=O) groups excluding carboxylic acids is 1. The van der Waals surface area contributed by atoms with Gasteiger partial charge in [0.1, 0.15) is 0 Å². The van der Waals surface area contributed by atoms with Gasteiger partial charge in [-0.1, -0.05) is 48.5 Å². The number of fused-ring (bicyclic) bond motifs is 1. The van der Waals surface area contributed by atoms with Crippen LogP contribution in [0, 0.1) is 0 Å². The van der Waals surface area contributed by atoms with Crippen LogP contribution in [0.5, 0.6) is 0 Å². The molecule has 1 amide bonds. The second kappa shape index (κ2) is 11.3. The second-order valence-corrected chi connectivity index (χ2v) is 8.74. The summed E-state index contributed by atoms with van der Waals surface area (Å²) in [4.78, 5) is 26.4. The van der Waals surface area contributed by atoms with Crippen molar-refractivity contribution in [3.05, 3.63) is 65.9 Å². The molecular weight excluding hydrogens is 431 g/mol. The largest absolute Gasteiger partial charge is 0.471 e. The summed E-state index contributed by atoms with van der Waals surface area (Å²) in [6.45, 7) is 0.318. The highest BCUT2D eigenvalue weighted by Gasteiger charge is 2.18. The van der Waals surface area contributed by atoms with Gasteiger partial charge in [0.2, 0.25) is 5.91 Å². The molecule has 1 heterocycles. The van der Waals surface area contributed by atoms with Crippen molar-refractivity contribution in [2.75, 3.05) is 26.9 Å². The molecule has 0 saturated carbocycles. The monoisotopic (exact) mass is 458 g/mol. The molecule has 0 aliphatic carbocycles. The number of pyridine rings is 1. The molecule has 0 spiro atoms. The second-order valence-electron chi connectivity index (χ2n) is 7.18. The number of para-hydroxylation sites is 1. The smallest absolute Gasteiger partial charge is 0.396 e. The minimum Gasteiger partial charge on any atom is -0.396 e. The summed E-state index contributed by atoms with van der Waals surface area (Å²) < 4.78 is 20.4. The molecule has 170 valence electrons. The molecule has 0 aliphatic rings. The van der Waals surface area contributed by atoms with E-state index in [1.54, 1.807) is 6.20 Å². The maximum absolute atomic E-state index is 12.6. The minimum atomic E-state index is -4.00. The number of hydrogen-bond donors (Lipinski definition) is 3. The van der Waals surface area contributed by atoms with Crippen LogP contribution >= 0.6 is 7.82 Å². The van der Waals surface area contributed by atoms with E-state index in [1.165, 1.54) is 0 Å². The molecule has 3 aromatic rings. The third kappa shape index (κ3) is 6.22. The molecule has 0 saturated heterocycles. The number of hydrogen-bond acceptors (Lipinski definition) is 6. The summed E-state index contributed by atoms with van der Waals surface area (Å²) >= 11 is 0. The maximum atomic E-state index is 12.6. The Morgan fingerprint density at radius 3 is 2.62 bits per heavy atom. The Hall–Kier alpha value is -2.61. The average molecular weight is 458 g/mol. The summed E-state index contributed by atoms with van der Waals surface area (Å²) in [7, 11) is -2.91. The number of amides is 1. The van der Waals surface area contributed by atoms with E-state index in [9.17, 15) is 19.4 Å². The van der Waals surface area contributed by atoms with Crippen LogP contribution in [-0.4, -0.2) is 47.8 Å². The topological polar surface area (TPSA) is 118 Å². The first kappa shape index (κ1) is 24.0. The van der Waals surface area contributed by atoms with Crippen molar-refractivity contribution in [1.82, 2.24) is 10.3 Å². The molecule has 1 aromatic heterocycles. The summed E-state index contributed by atoms with van der Waals surface area (Å²) in [6, 6.07) is 15.7. The number of aliphatic hydroxyl groups excluding tert-OH is 1. The van der Waals surface area contributed by atoms with Crippen LogP contribution in [0.2, 0.25) is 0 Å². The zero-order chi connectivity index (χ0) is 23.0. The van der Waals surface area contributed by atoms with Gasteiger partial charge in [0.05, 0.1) is 18.5 Å². The molecule has 0 radical (unpaired) electrons. The summed E-state index contributed by atoms with van der Waals surface area (Å²) in [5.74, 6) is -0.186. The molecule has 0 fully saturated rings. The van der Waals surface area contributed by atoms with E-state index in [1.807, 2.05) is 48.5 Å². The van der Waals surface area contributed by atoms with E-state index in [0.29, 0.717) is 19.4 Å². The number of phosphoric acid groups is 1. The number of nitrogens with one attached hydrogen (secondary N) is 1. The normalized spacial score (nSPS) is 13.1. The number of aliphatic hydroxyl groups is 1. The first-order valence-electron chi connectivity index (χ1n) is 10.3. The highest BCUT2D eigenvalue weighted by Crippen LogP contribution is 2.41. The number of aromatic nitrogens is 1. The molecule has 2 aromatic carbocycles. The van der Waals surface area contributed by atoms with Crippen molar-refractivity contribution in [2.24, 2.45) is 0 Å². The Morgan fingerprint density at radius 1 is 1.12 bits per heavy atom. The Morgan fingerprint density at radius 2 is 1.91 bits per heavy atom. The standard InChI is InChI=1S/C23H27N2O6P/c1-30-32(28,29)31-14-6-12-24-21(27)15-19-16-25-23-18(11-13-26)9-5-10-20(23)22(19)17-7-3-2-4-8-17/h2-5,7-10,16,26H,6,11-15H2,1H3,(H,24,27)(H,28,29). The predicted octanol–water partition coefficient (Wildman–Crippen LogP) is 3.25. The maximum Gasteiger partial charge on any atom is 0.471 e. The van der Waals surface area contributed by atoms with E-state index >= 15 is 0 Å². The van der Waals surface area contributed by atoms with Gasteiger partial charge in [-0.25, -0.2) is 4.57 Å². The lowest BCUT2D eigenvalue weighted by molar-refractivity contribution is -0.120. The highest BCUT2D eigenvalue weighted by molar-refractivity contribution is 7.47. The Balaban J connectivity index is 1.79. The van der Waals surface area contributed by atoms with E-state index in [2.05, 4.69) is 14.8 Å². The summed E-state index contributed by atoms with van der Waals surface area (Å²) in [5.41, 5.74) is 4.48. The van der Waals surface area contributed by atoms with Gasteiger partial charge in [-0.2, -0.15) is 0 Å². The quantitative estimate of drug-likeness (QED) is 0.298. The highest BCUT2D eigenvalue weighted by atomic mass is 31.2. The Bertz CT molecular complexity index is 1110. The van der Waals surface area contributed by atoms with Gasteiger partial charge in [0.25, 0.3) is 0 Å². The lowest BCUT2D eigenvalue weighted by Gasteiger charge is -2.15. The third-order valence-corrected chi connectivity index (χ3v) is 5.95. The van der Waals surface area contributed by atoms with Crippen molar-refractivity contribution >= 4 is 24.6 Å². The summed E-state index contributed by atoms with van der Waals surface area (Å²) in [6.07, 6.45) is 2.72. The molecule has 0 aliphatic heterocycles. The van der Waals surface area contributed by atoms with Crippen LogP contribution in [0.25, 0.3) is 22.0 Å². The SMILES string of the molecule is COP(=O)(O)OCCCNC(=O)Cc1cnc2c(CCO)cccc2c1-c1ccccc1. The van der Waals surface area contributed by atoms with Gasteiger partial charge >= 0.3 is 7.82 Å². The van der Waals surface area contributed by atoms with Gasteiger partial charge in [0, 0.05) is 31.8 Å². The van der Waals surface area contributed by atoms with E-state index in [0.717, 1.165) is 40.3 Å². The average Bonchev–Trinajstić information content (AvgIpc) is 2.79. The van der Waals surface area contributed by atoms with Crippen LogP contribution in [0.3, 0.4) is 0 Å². The van der Waals surface area contributed by atoms with Crippen LogP contribution < -0.4 is 5.32 Å². The number of phosphoric ester groups is 1. The number of rotatable bonds is 11. The van der Waals surface area contributed by atoms with Gasteiger partial charge in [-0.3, -0.25) is 18.8 Å². The van der Waals surface area contributed by atoms with Crippen molar-refractivity contribution in [3.63, 3.8) is 0 Å². The summed E-state index contributed by atoms with van der Waals surface area (Å²) in [5, 5.41) is 13.1. The van der Waals surface area contributed by atoms with Crippen molar-refractivity contribution in [1.29, 1.82) is 0 Å². The molecule has 0 bridgehead atoms. The third-order valence-electron chi connectivity index (χ3n) is 4.98. The predicted molar refractivity (Wildman–Crippen MR) is 122 cm³/mol. The molecule has 32 heavy (non-hydrogen) atoms. The zero-order valence-corrected chi connectivity index (χ0v) is 18.8. The molecule has 1 unspecified atom stereocenters. The first-order valence-corrected chi connectivity index (χ1v) is 11.8. The van der Waals surface area contributed by atoms with Crippen LogP contribution in [0.4, 0.5) is 0 Å². The minimum absolute atomic E-state index is 0.0116. The fourth-order valence-corrected chi connectivity index (χ4v) is 3.96. The number of benzene rings is 2. The molecule has 3 N–H and O–H groups in total. The molecule has 3 rings (SSSR count). The van der Waals surface area contributed by atoms with E-state index in [-0.39, 0.29) is 25.5 Å². The van der Waals surface area contributed by atoms with Gasteiger partial charge < -0.3 is 15.3 Å². The van der Waals surface area contributed by atoms with Gasteiger partial charge in [-0.15, -0.1) is 0 Å². The van der Waals surface area contributed by atoms with Crippen molar-refractivity contribution < 1.29 is 28.4 Å². The number of nitrogens with zero attached hydrogens (tertiary/aromatic N) is 1. The molecule has 8 nitrogen and oxygen atoms in total. The number of carbonyl (C=O) groups is 1. The fourth-order valence-electron chi connectivity index (χ4n) is 3.50. The molecule has 1 atom stereocenters. The molecule has 9 heteroatoms. The van der Waals surface area contributed by atoms with Crippen LogP contribution in [-0.2, 0) is 31.2 Å². The van der Waals surface area contributed by atoms with Crippen molar-refractivity contribution in [3.8, 4) is 11.1 Å². The lowest BCUT2D eigenvalue weighted by Crippen LogP contribution is -2.27. The van der Waals surface area contributed by atoms with Crippen molar-refractivity contribution in [2.45, 2.75) is 19.3 Å². The molecular formula is C23H27N2O6P. The Labute approximate surface area is 186 Å². The van der Waals surface area contributed by atoms with E-state index < -0.39 is 7.82 Å². The van der Waals surface area contributed by atoms with Crippen LogP contribution in [0.1, 0.15) is 17.5 Å². The van der Waals surface area contributed by atoms with Gasteiger partial charge in [0.15, 0.2) is 0 Å². The van der Waals surface area contributed by atoms with E-state index in [4.69, 9.17) is 4.52 Å². The van der Waals surface area contributed by atoms with Gasteiger partial charge in [-0.05, 0) is 35.1 Å². The zero-order valence-electron chi connectivity index (χ0n) is 17.9. The van der Waals surface area contributed by atoms with Crippen LogP contribution in [0.15, 0.2) is 54.7 Å². The first-order chi connectivity index (χ1) is 15.4. The lowest BCUT2D eigenvalue weighted by atomic mass is 9.93. The Kier molecular flexibility index (Phi) is 8.50.